The molecule has 0 spiro atoms. The van der Waals surface area contributed by atoms with Crippen LogP contribution in [-0.2, 0) is 6.42 Å². The predicted octanol–water partition coefficient (Wildman–Crippen LogP) is 7.97. The van der Waals surface area contributed by atoms with Crippen LogP contribution in [0, 0.1) is 0 Å². The van der Waals surface area contributed by atoms with E-state index in [2.05, 4.69) is 0 Å². The number of ether oxygens (including phenoxy) is 1. The topological polar surface area (TPSA) is 159 Å². The van der Waals surface area contributed by atoms with Gasteiger partial charge in [-0.15, -0.1) is 0 Å². The SMILES string of the molecule is CN1C(=O)c2ccc(-c3ccc4c(c3)C(=O)N(c3ccc(Oc5ccc(N6C(=O)c7cc(-c8ccc9c(c8)C(=O)N(C)C9=O)cc(CC(F)(F)F)c7C6=O)cc5)cc3)C4=O)cc2C1=O. The highest BCUT2D eigenvalue weighted by Gasteiger charge is 2.42. The molecular weight excluding hydrogens is 834 g/mol. The van der Waals surface area contributed by atoms with Gasteiger partial charge in [-0.1, -0.05) is 18.2 Å². The highest BCUT2D eigenvalue weighted by Crippen LogP contribution is 2.40. The molecule has 0 unspecified atom stereocenters. The van der Waals surface area contributed by atoms with Gasteiger partial charge in [-0.3, -0.25) is 48.2 Å². The standard InChI is InChI=1S/C48H27F3N4O9/c1-52-40(56)32-14-3-23(18-35(32)42(52)58)24-4-16-34-37(19-24)45(61)54(44(34)60)28-6-10-30(11-7-28)64-31-12-8-29(9-13-31)55-46(62)38-21-26(17-27(22-48(49,50)51)39(38)47(55)63)25-5-15-33-36(20-25)43(59)53(2)41(33)57/h3-21H,22H2,1-2H3. The lowest BCUT2D eigenvalue weighted by Gasteiger charge is -2.16. The van der Waals surface area contributed by atoms with E-state index in [0.29, 0.717) is 16.9 Å². The Labute approximate surface area is 359 Å². The number of halogens is 3. The minimum atomic E-state index is -4.74. The number of hydrogen-bond donors (Lipinski definition) is 0. The van der Waals surface area contributed by atoms with Crippen molar-refractivity contribution in [2.45, 2.75) is 12.6 Å². The maximum Gasteiger partial charge on any atom is 0.393 e. The van der Waals surface area contributed by atoms with Crippen LogP contribution in [0.5, 0.6) is 11.5 Å². The van der Waals surface area contributed by atoms with Gasteiger partial charge in [0.05, 0.1) is 62.3 Å². The number of anilines is 2. The van der Waals surface area contributed by atoms with Gasteiger partial charge in [0.15, 0.2) is 0 Å². The van der Waals surface area contributed by atoms with Gasteiger partial charge in [-0.05, 0) is 125 Å². The van der Waals surface area contributed by atoms with Crippen molar-refractivity contribution in [1.29, 1.82) is 0 Å². The van der Waals surface area contributed by atoms with E-state index in [9.17, 15) is 51.5 Å². The summed E-state index contributed by atoms with van der Waals surface area (Å²) in [5, 5.41) is 0. The molecule has 0 fully saturated rings. The zero-order valence-electron chi connectivity index (χ0n) is 33.3. The molecule has 0 N–H and O–H groups in total. The molecule has 314 valence electrons. The van der Waals surface area contributed by atoms with E-state index in [0.717, 1.165) is 25.7 Å². The number of nitrogens with zero attached hydrogens (tertiary/aromatic N) is 4. The fourth-order valence-electron chi connectivity index (χ4n) is 8.40. The van der Waals surface area contributed by atoms with Gasteiger partial charge in [-0.2, -0.15) is 13.2 Å². The molecular formula is C48H27F3N4O9. The minimum absolute atomic E-state index is 0.0548. The maximum absolute atomic E-state index is 13.9. The third-order valence-electron chi connectivity index (χ3n) is 11.6. The Morgan fingerprint density at radius 1 is 0.406 bits per heavy atom. The van der Waals surface area contributed by atoms with E-state index in [1.165, 1.54) is 93.0 Å². The van der Waals surface area contributed by atoms with Crippen molar-refractivity contribution in [1.82, 2.24) is 9.80 Å². The van der Waals surface area contributed by atoms with Gasteiger partial charge in [0.25, 0.3) is 47.3 Å². The molecule has 8 amide bonds. The summed E-state index contributed by atoms with van der Waals surface area (Å²) in [5.41, 5.74) is 1.84. The largest absolute Gasteiger partial charge is 0.457 e. The molecule has 0 radical (unpaired) electrons. The number of carbonyl (C=O) groups is 8. The summed E-state index contributed by atoms with van der Waals surface area (Å²) in [7, 11) is 2.71. The first-order chi connectivity index (χ1) is 30.5. The van der Waals surface area contributed by atoms with Crippen LogP contribution in [0.25, 0.3) is 22.3 Å². The quantitative estimate of drug-likeness (QED) is 0.145. The van der Waals surface area contributed by atoms with Gasteiger partial charge >= 0.3 is 6.18 Å². The summed E-state index contributed by atoms with van der Waals surface area (Å²) in [4.78, 5) is 108. The number of fused-ring (bicyclic) bond motifs is 4. The lowest BCUT2D eigenvalue weighted by atomic mass is 9.92. The third kappa shape index (κ3) is 6.09. The molecule has 4 aliphatic rings. The number of carbonyl (C=O) groups excluding carboxylic acids is 8. The molecule has 0 saturated heterocycles. The maximum atomic E-state index is 13.9. The molecule has 4 heterocycles. The third-order valence-corrected chi connectivity index (χ3v) is 11.6. The summed E-state index contributed by atoms with van der Waals surface area (Å²) in [6.07, 6.45) is -6.25. The number of hydrogen-bond acceptors (Lipinski definition) is 9. The monoisotopic (exact) mass is 860 g/mol. The molecule has 0 saturated carbocycles. The van der Waals surface area contributed by atoms with Crippen molar-refractivity contribution in [3.05, 3.63) is 165 Å². The Hall–Kier alpha value is -8.53. The van der Waals surface area contributed by atoms with Crippen LogP contribution in [0.15, 0.2) is 115 Å². The molecule has 6 aromatic rings. The van der Waals surface area contributed by atoms with Gasteiger partial charge in [0.1, 0.15) is 11.5 Å². The molecule has 0 aliphatic carbocycles. The van der Waals surface area contributed by atoms with E-state index in [4.69, 9.17) is 4.74 Å². The number of benzene rings is 6. The Morgan fingerprint density at radius 3 is 1.23 bits per heavy atom. The lowest BCUT2D eigenvalue weighted by molar-refractivity contribution is -0.127. The van der Waals surface area contributed by atoms with Crippen molar-refractivity contribution in [2.75, 3.05) is 23.9 Å². The molecule has 0 bridgehead atoms. The minimum Gasteiger partial charge on any atom is -0.457 e. The average molecular weight is 861 g/mol. The second-order valence-corrected chi connectivity index (χ2v) is 15.5. The number of alkyl halides is 3. The summed E-state index contributed by atoms with van der Waals surface area (Å²) in [6.45, 7) is 0. The van der Waals surface area contributed by atoms with Crippen LogP contribution >= 0.6 is 0 Å². The molecule has 16 heteroatoms. The summed E-state index contributed by atoms with van der Waals surface area (Å²) < 4.78 is 47.6. The Balaban J connectivity index is 0.860. The van der Waals surface area contributed by atoms with Crippen LogP contribution in [0.3, 0.4) is 0 Å². The number of amides is 8. The second kappa shape index (κ2) is 14.0. The van der Waals surface area contributed by atoms with E-state index in [1.54, 1.807) is 30.3 Å². The number of rotatable bonds is 7. The van der Waals surface area contributed by atoms with Crippen molar-refractivity contribution in [3.63, 3.8) is 0 Å². The average Bonchev–Trinajstić information content (AvgIpc) is 3.86. The van der Waals surface area contributed by atoms with Crippen LogP contribution in [-0.4, -0.2) is 77.3 Å². The van der Waals surface area contributed by atoms with Gasteiger partial charge in [0.2, 0.25) is 0 Å². The molecule has 0 atom stereocenters. The first-order valence-electron chi connectivity index (χ1n) is 19.5. The van der Waals surface area contributed by atoms with E-state index in [-0.39, 0.29) is 67.2 Å². The van der Waals surface area contributed by atoms with Crippen LogP contribution < -0.4 is 14.5 Å². The zero-order valence-corrected chi connectivity index (χ0v) is 33.3. The smallest absolute Gasteiger partial charge is 0.393 e. The van der Waals surface area contributed by atoms with Crippen LogP contribution in [0.4, 0.5) is 24.5 Å². The first-order valence-corrected chi connectivity index (χ1v) is 19.5. The normalized spacial score (nSPS) is 15.5. The van der Waals surface area contributed by atoms with Crippen molar-refractivity contribution in [2.24, 2.45) is 0 Å². The second-order valence-electron chi connectivity index (χ2n) is 15.5. The molecule has 6 aromatic carbocycles. The van der Waals surface area contributed by atoms with Crippen molar-refractivity contribution in [3.8, 4) is 33.8 Å². The molecule has 64 heavy (non-hydrogen) atoms. The van der Waals surface area contributed by atoms with E-state index < -0.39 is 71.0 Å². The zero-order chi connectivity index (χ0) is 45.1. The molecule has 4 aliphatic heterocycles. The number of imide groups is 4. The van der Waals surface area contributed by atoms with E-state index in [1.807, 2.05) is 0 Å². The van der Waals surface area contributed by atoms with Crippen LogP contribution in [0.1, 0.15) is 88.4 Å². The Bertz CT molecular complexity index is 3200. The molecule has 10 rings (SSSR count). The van der Waals surface area contributed by atoms with Crippen LogP contribution in [0.2, 0.25) is 0 Å². The Kier molecular flexibility index (Phi) is 8.66. The Morgan fingerprint density at radius 2 is 0.766 bits per heavy atom. The molecule has 13 nitrogen and oxygen atoms in total. The fourth-order valence-corrected chi connectivity index (χ4v) is 8.40. The predicted molar refractivity (Wildman–Crippen MR) is 222 cm³/mol. The summed E-state index contributed by atoms with van der Waals surface area (Å²) >= 11 is 0. The van der Waals surface area contributed by atoms with Gasteiger partial charge < -0.3 is 4.74 Å². The lowest BCUT2D eigenvalue weighted by Crippen LogP contribution is -2.29. The van der Waals surface area contributed by atoms with E-state index >= 15 is 0 Å². The summed E-state index contributed by atoms with van der Waals surface area (Å²) in [5.74, 6) is -4.35. The van der Waals surface area contributed by atoms with Gasteiger partial charge in [-0.25, -0.2) is 9.80 Å². The highest BCUT2D eigenvalue weighted by molar-refractivity contribution is 6.36. The highest BCUT2D eigenvalue weighted by atomic mass is 19.4. The summed E-state index contributed by atoms with van der Waals surface area (Å²) in [6, 6.07) is 28.0. The molecule has 0 aromatic heterocycles. The van der Waals surface area contributed by atoms with Crippen molar-refractivity contribution < 1.29 is 56.3 Å². The first kappa shape index (κ1) is 39.6. The van der Waals surface area contributed by atoms with Crippen molar-refractivity contribution >= 4 is 58.6 Å². The van der Waals surface area contributed by atoms with Gasteiger partial charge in [0, 0.05) is 14.1 Å². The fraction of sp³-hybridized carbons (Fsp3) is 0.0833.